The highest BCUT2D eigenvalue weighted by molar-refractivity contribution is 5.20. The highest BCUT2D eigenvalue weighted by Crippen LogP contribution is 2.18. The highest BCUT2D eigenvalue weighted by atomic mass is 16.3. The van der Waals surface area contributed by atoms with Crippen LogP contribution in [-0.2, 0) is 13.1 Å². The molecule has 0 bridgehead atoms. The van der Waals surface area contributed by atoms with Gasteiger partial charge in [0.05, 0.1) is 6.54 Å². The van der Waals surface area contributed by atoms with E-state index in [1.54, 1.807) is 0 Å². The quantitative estimate of drug-likeness (QED) is 0.770. The van der Waals surface area contributed by atoms with Crippen molar-refractivity contribution in [1.82, 2.24) is 10.2 Å². The van der Waals surface area contributed by atoms with Crippen molar-refractivity contribution in [2.45, 2.75) is 46.2 Å². The third-order valence-corrected chi connectivity index (χ3v) is 3.39. The van der Waals surface area contributed by atoms with E-state index in [0.717, 1.165) is 31.2 Å². The molecule has 1 aromatic heterocycles. The molecule has 1 fully saturated rings. The number of hydrogen-bond acceptors (Lipinski definition) is 3. The van der Waals surface area contributed by atoms with Crippen LogP contribution in [0.15, 0.2) is 10.5 Å². The summed E-state index contributed by atoms with van der Waals surface area (Å²) >= 11 is 0. The third kappa shape index (κ3) is 3.58. The molecule has 2 rings (SSSR count). The number of furan rings is 1. The second-order valence-corrected chi connectivity index (χ2v) is 4.95. The molecule has 0 aliphatic carbocycles. The van der Waals surface area contributed by atoms with Crippen LogP contribution in [0.3, 0.4) is 0 Å². The Morgan fingerprint density at radius 3 is 2.82 bits per heavy atom. The van der Waals surface area contributed by atoms with Gasteiger partial charge in [-0.3, -0.25) is 4.90 Å². The van der Waals surface area contributed by atoms with Gasteiger partial charge >= 0.3 is 0 Å². The molecular weight excluding hydrogens is 212 g/mol. The zero-order chi connectivity index (χ0) is 12.1. The Balaban J connectivity index is 1.88. The Labute approximate surface area is 104 Å². The molecule has 0 radical (unpaired) electrons. The lowest BCUT2D eigenvalue weighted by Gasteiger charge is -2.11. The van der Waals surface area contributed by atoms with E-state index in [4.69, 9.17) is 4.42 Å². The standard InChI is InChI=1S/C14H24N2O/c1-3-6-15-10-13-9-14(17-12(13)2)11-16-7-4-5-8-16/h9,15H,3-8,10-11H2,1-2H3. The molecule has 1 aliphatic rings. The van der Waals surface area contributed by atoms with E-state index < -0.39 is 0 Å². The van der Waals surface area contributed by atoms with E-state index in [2.05, 4.69) is 30.1 Å². The summed E-state index contributed by atoms with van der Waals surface area (Å²) < 4.78 is 5.83. The molecule has 1 aromatic rings. The molecule has 0 atom stereocenters. The first-order valence-corrected chi connectivity index (χ1v) is 6.81. The molecule has 0 saturated carbocycles. The smallest absolute Gasteiger partial charge is 0.118 e. The maximum Gasteiger partial charge on any atom is 0.118 e. The summed E-state index contributed by atoms with van der Waals surface area (Å²) in [6.45, 7) is 9.70. The topological polar surface area (TPSA) is 28.4 Å². The second-order valence-electron chi connectivity index (χ2n) is 4.95. The van der Waals surface area contributed by atoms with E-state index in [1.165, 1.54) is 37.9 Å². The molecule has 17 heavy (non-hydrogen) atoms. The van der Waals surface area contributed by atoms with Gasteiger partial charge in [0.1, 0.15) is 11.5 Å². The first-order valence-electron chi connectivity index (χ1n) is 6.81. The Kier molecular flexibility index (Phi) is 4.63. The van der Waals surface area contributed by atoms with Crippen LogP contribution >= 0.6 is 0 Å². The van der Waals surface area contributed by atoms with Gasteiger partial charge in [-0.2, -0.15) is 0 Å². The number of likely N-dealkylation sites (tertiary alicyclic amines) is 1. The van der Waals surface area contributed by atoms with E-state index in [9.17, 15) is 0 Å². The Morgan fingerprint density at radius 1 is 1.35 bits per heavy atom. The first kappa shape index (κ1) is 12.7. The van der Waals surface area contributed by atoms with Gasteiger partial charge in [0.15, 0.2) is 0 Å². The van der Waals surface area contributed by atoms with E-state index in [0.29, 0.717) is 0 Å². The van der Waals surface area contributed by atoms with Crippen LogP contribution in [-0.4, -0.2) is 24.5 Å². The number of nitrogens with zero attached hydrogens (tertiary/aromatic N) is 1. The van der Waals surface area contributed by atoms with Crippen molar-refractivity contribution in [2.24, 2.45) is 0 Å². The zero-order valence-electron chi connectivity index (χ0n) is 11.1. The van der Waals surface area contributed by atoms with E-state index in [-0.39, 0.29) is 0 Å². The van der Waals surface area contributed by atoms with Crippen molar-refractivity contribution in [3.05, 3.63) is 23.2 Å². The van der Waals surface area contributed by atoms with Crippen molar-refractivity contribution in [3.63, 3.8) is 0 Å². The largest absolute Gasteiger partial charge is 0.465 e. The van der Waals surface area contributed by atoms with Gasteiger partial charge in [-0.15, -0.1) is 0 Å². The lowest BCUT2D eigenvalue weighted by Crippen LogP contribution is -2.17. The summed E-state index contributed by atoms with van der Waals surface area (Å²) in [5.74, 6) is 2.19. The molecule has 0 aromatic carbocycles. The lowest BCUT2D eigenvalue weighted by molar-refractivity contribution is 0.294. The van der Waals surface area contributed by atoms with Gasteiger partial charge in [-0.25, -0.2) is 0 Å². The molecular formula is C14H24N2O. The average Bonchev–Trinajstić information content (AvgIpc) is 2.91. The lowest BCUT2D eigenvalue weighted by atomic mass is 10.2. The first-order chi connectivity index (χ1) is 8.29. The Hall–Kier alpha value is -0.800. The Morgan fingerprint density at radius 2 is 2.12 bits per heavy atom. The molecule has 1 aliphatic heterocycles. The van der Waals surface area contributed by atoms with Crippen molar-refractivity contribution >= 4 is 0 Å². The van der Waals surface area contributed by atoms with Crippen molar-refractivity contribution in [2.75, 3.05) is 19.6 Å². The summed E-state index contributed by atoms with van der Waals surface area (Å²) in [6, 6.07) is 2.22. The summed E-state index contributed by atoms with van der Waals surface area (Å²) in [6.07, 6.45) is 3.85. The van der Waals surface area contributed by atoms with Gasteiger partial charge in [-0.05, 0) is 51.9 Å². The van der Waals surface area contributed by atoms with Gasteiger partial charge < -0.3 is 9.73 Å². The van der Waals surface area contributed by atoms with Gasteiger partial charge in [0, 0.05) is 12.1 Å². The van der Waals surface area contributed by atoms with Gasteiger partial charge in [0.25, 0.3) is 0 Å². The third-order valence-electron chi connectivity index (χ3n) is 3.39. The predicted molar refractivity (Wildman–Crippen MR) is 70.0 cm³/mol. The molecule has 2 heterocycles. The molecule has 0 spiro atoms. The molecule has 96 valence electrons. The summed E-state index contributed by atoms with van der Waals surface area (Å²) in [5, 5.41) is 3.43. The van der Waals surface area contributed by atoms with Gasteiger partial charge in [0.2, 0.25) is 0 Å². The average molecular weight is 236 g/mol. The SMILES string of the molecule is CCCNCc1cc(CN2CCCC2)oc1C. The fourth-order valence-electron chi connectivity index (χ4n) is 2.40. The predicted octanol–water partition coefficient (Wildman–Crippen LogP) is 2.68. The summed E-state index contributed by atoms with van der Waals surface area (Å²) in [7, 11) is 0. The van der Waals surface area contributed by atoms with E-state index in [1.807, 2.05) is 0 Å². The number of hydrogen-bond donors (Lipinski definition) is 1. The minimum atomic E-state index is 0.934. The van der Waals surface area contributed by atoms with Crippen molar-refractivity contribution < 1.29 is 4.42 Å². The fraction of sp³-hybridized carbons (Fsp3) is 0.714. The molecule has 3 nitrogen and oxygen atoms in total. The molecule has 3 heteroatoms. The minimum Gasteiger partial charge on any atom is -0.465 e. The maximum atomic E-state index is 5.83. The number of nitrogens with one attached hydrogen (secondary N) is 1. The zero-order valence-corrected chi connectivity index (χ0v) is 11.1. The van der Waals surface area contributed by atoms with Crippen LogP contribution in [0.25, 0.3) is 0 Å². The van der Waals surface area contributed by atoms with Crippen LogP contribution in [0.2, 0.25) is 0 Å². The summed E-state index contributed by atoms with van der Waals surface area (Å²) in [5.41, 5.74) is 1.31. The molecule has 1 N–H and O–H groups in total. The van der Waals surface area contributed by atoms with Crippen molar-refractivity contribution in [3.8, 4) is 0 Å². The van der Waals surface area contributed by atoms with Gasteiger partial charge in [-0.1, -0.05) is 6.92 Å². The summed E-state index contributed by atoms with van der Waals surface area (Å²) in [4.78, 5) is 2.47. The normalized spacial score (nSPS) is 16.8. The molecule has 0 unspecified atom stereocenters. The molecule has 0 amide bonds. The van der Waals surface area contributed by atoms with Crippen LogP contribution in [0, 0.1) is 6.92 Å². The van der Waals surface area contributed by atoms with Crippen LogP contribution < -0.4 is 5.32 Å². The monoisotopic (exact) mass is 236 g/mol. The molecule has 1 saturated heterocycles. The van der Waals surface area contributed by atoms with Crippen LogP contribution in [0.4, 0.5) is 0 Å². The van der Waals surface area contributed by atoms with Crippen LogP contribution in [0.1, 0.15) is 43.3 Å². The number of rotatable bonds is 6. The Bertz CT molecular complexity index is 340. The maximum absolute atomic E-state index is 5.83. The highest BCUT2D eigenvalue weighted by Gasteiger charge is 2.15. The van der Waals surface area contributed by atoms with Crippen LogP contribution in [0.5, 0.6) is 0 Å². The fourth-order valence-corrected chi connectivity index (χ4v) is 2.40. The number of aryl methyl sites for hydroxylation is 1. The van der Waals surface area contributed by atoms with E-state index >= 15 is 0 Å². The van der Waals surface area contributed by atoms with Crippen molar-refractivity contribution in [1.29, 1.82) is 0 Å². The minimum absolute atomic E-state index is 0.934. The second kappa shape index (κ2) is 6.22.